The van der Waals surface area contributed by atoms with Crippen molar-refractivity contribution in [2.75, 3.05) is 0 Å². The Hall–Kier alpha value is -1.68. The van der Waals surface area contributed by atoms with Gasteiger partial charge < -0.3 is 5.11 Å². The van der Waals surface area contributed by atoms with Crippen LogP contribution in [0.15, 0.2) is 24.3 Å². The standard InChI is InChI=1S/C13H13NO2S/c1-3-9-4-6-10(7-5-9)11-8(2)14-12(17-11)13(15)16/h4-7H,3H2,1-2H3,(H,15,16). The first kappa shape index (κ1) is 11.8. The molecule has 0 aliphatic rings. The van der Waals surface area contributed by atoms with Crippen molar-refractivity contribution < 1.29 is 9.90 Å². The van der Waals surface area contributed by atoms with E-state index in [1.807, 2.05) is 19.1 Å². The Morgan fingerprint density at radius 3 is 2.47 bits per heavy atom. The molecular weight excluding hydrogens is 234 g/mol. The summed E-state index contributed by atoms with van der Waals surface area (Å²) in [5.74, 6) is -0.963. The lowest BCUT2D eigenvalue weighted by molar-refractivity contribution is 0.0696. The average molecular weight is 247 g/mol. The molecule has 0 amide bonds. The van der Waals surface area contributed by atoms with E-state index >= 15 is 0 Å². The highest BCUT2D eigenvalue weighted by Crippen LogP contribution is 2.30. The van der Waals surface area contributed by atoms with E-state index in [-0.39, 0.29) is 5.01 Å². The van der Waals surface area contributed by atoms with Crippen LogP contribution in [0.25, 0.3) is 10.4 Å². The van der Waals surface area contributed by atoms with Crippen LogP contribution >= 0.6 is 11.3 Å². The van der Waals surface area contributed by atoms with E-state index in [0.29, 0.717) is 0 Å². The molecule has 0 saturated heterocycles. The van der Waals surface area contributed by atoms with Gasteiger partial charge >= 0.3 is 5.97 Å². The van der Waals surface area contributed by atoms with Gasteiger partial charge in [0.25, 0.3) is 0 Å². The van der Waals surface area contributed by atoms with Gasteiger partial charge in [-0.3, -0.25) is 0 Å². The summed E-state index contributed by atoms with van der Waals surface area (Å²) >= 11 is 1.22. The first-order valence-corrected chi connectivity index (χ1v) is 6.23. The Morgan fingerprint density at radius 1 is 1.35 bits per heavy atom. The van der Waals surface area contributed by atoms with Gasteiger partial charge in [0.1, 0.15) is 0 Å². The normalized spacial score (nSPS) is 10.5. The smallest absolute Gasteiger partial charge is 0.365 e. The van der Waals surface area contributed by atoms with Crippen LogP contribution in [0.3, 0.4) is 0 Å². The number of carboxylic acid groups (broad SMARTS) is 1. The van der Waals surface area contributed by atoms with Crippen LogP contribution in [0.5, 0.6) is 0 Å². The van der Waals surface area contributed by atoms with E-state index in [9.17, 15) is 4.79 Å². The molecule has 0 aliphatic carbocycles. The zero-order chi connectivity index (χ0) is 12.4. The SMILES string of the molecule is CCc1ccc(-c2sc(C(=O)O)nc2C)cc1. The Morgan fingerprint density at radius 2 is 2.00 bits per heavy atom. The molecule has 0 fully saturated rings. The Bertz CT molecular complexity index is 543. The quantitative estimate of drug-likeness (QED) is 0.904. The molecule has 2 aromatic rings. The minimum atomic E-state index is -0.963. The number of thiazole rings is 1. The van der Waals surface area contributed by atoms with E-state index in [1.165, 1.54) is 16.9 Å². The molecule has 4 heteroatoms. The second kappa shape index (κ2) is 4.67. The van der Waals surface area contributed by atoms with Crippen LogP contribution in [0.2, 0.25) is 0 Å². The van der Waals surface area contributed by atoms with Crippen molar-refractivity contribution in [3.63, 3.8) is 0 Å². The molecule has 0 aliphatic heterocycles. The number of benzene rings is 1. The molecule has 0 bridgehead atoms. The summed E-state index contributed by atoms with van der Waals surface area (Å²) in [6.07, 6.45) is 1.00. The summed E-state index contributed by atoms with van der Waals surface area (Å²) < 4.78 is 0. The number of aromatic nitrogens is 1. The summed E-state index contributed by atoms with van der Waals surface area (Å²) in [4.78, 5) is 15.8. The van der Waals surface area contributed by atoms with Gasteiger partial charge in [-0.2, -0.15) is 0 Å². The fraction of sp³-hybridized carbons (Fsp3) is 0.231. The van der Waals surface area contributed by atoms with Crippen LogP contribution in [-0.2, 0) is 6.42 Å². The van der Waals surface area contributed by atoms with E-state index < -0.39 is 5.97 Å². The van der Waals surface area contributed by atoms with Crippen LogP contribution in [-0.4, -0.2) is 16.1 Å². The van der Waals surface area contributed by atoms with Crippen LogP contribution < -0.4 is 0 Å². The van der Waals surface area contributed by atoms with E-state index in [0.717, 1.165) is 22.6 Å². The molecule has 3 nitrogen and oxygen atoms in total. The van der Waals surface area contributed by atoms with Crippen molar-refractivity contribution >= 4 is 17.3 Å². The number of rotatable bonds is 3. The summed E-state index contributed by atoms with van der Waals surface area (Å²) in [5.41, 5.74) is 3.08. The highest BCUT2D eigenvalue weighted by Gasteiger charge is 2.14. The van der Waals surface area contributed by atoms with Gasteiger partial charge in [0.15, 0.2) is 0 Å². The number of carboxylic acids is 1. The van der Waals surface area contributed by atoms with Crippen molar-refractivity contribution in [1.82, 2.24) is 4.98 Å². The first-order chi connectivity index (χ1) is 8.11. The first-order valence-electron chi connectivity index (χ1n) is 5.42. The van der Waals surface area contributed by atoms with Gasteiger partial charge in [-0.15, -0.1) is 11.3 Å². The van der Waals surface area contributed by atoms with Crippen molar-refractivity contribution in [1.29, 1.82) is 0 Å². The lowest BCUT2D eigenvalue weighted by Gasteiger charge is -2.00. The van der Waals surface area contributed by atoms with Gasteiger partial charge in [0, 0.05) is 0 Å². The highest BCUT2D eigenvalue weighted by molar-refractivity contribution is 7.17. The van der Waals surface area contributed by atoms with Crippen molar-refractivity contribution in [3.05, 3.63) is 40.5 Å². The third-order valence-electron chi connectivity index (χ3n) is 2.60. The van der Waals surface area contributed by atoms with E-state index in [1.54, 1.807) is 0 Å². The molecule has 1 aromatic heterocycles. The lowest BCUT2D eigenvalue weighted by atomic mass is 10.1. The molecule has 0 saturated carbocycles. The molecule has 0 unspecified atom stereocenters. The number of aromatic carboxylic acids is 1. The molecule has 1 aromatic carbocycles. The summed E-state index contributed by atoms with van der Waals surface area (Å²) in [7, 11) is 0. The monoisotopic (exact) mass is 247 g/mol. The van der Waals surface area contributed by atoms with Gasteiger partial charge in [-0.25, -0.2) is 9.78 Å². The molecule has 2 rings (SSSR count). The Balaban J connectivity index is 2.41. The molecular formula is C13H13NO2S. The fourth-order valence-corrected chi connectivity index (χ4v) is 2.56. The topological polar surface area (TPSA) is 50.2 Å². The van der Waals surface area contributed by atoms with Crippen molar-refractivity contribution in [2.24, 2.45) is 0 Å². The largest absolute Gasteiger partial charge is 0.476 e. The maximum Gasteiger partial charge on any atom is 0.365 e. The molecule has 0 spiro atoms. The lowest BCUT2D eigenvalue weighted by Crippen LogP contribution is -1.93. The van der Waals surface area contributed by atoms with Crippen LogP contribution in [0.4, 0.5) is 0 Å². The second-order valence-electron chi connectivity index (χ2n) is 3.79. The van der Waals surface area contributed by atoms with E-state index in [2.05, 4.69) is 24.0 Å². The summed E-state index contributed by atoms with van der Waals surface area (Å²) in [6.45, 7) is 3.95. The maximum atomic E-state index is 10.8. The zero-order valence-electron chi connectivity index (χ0n) is 9.73. The predicted octanol–water partition coefficient (Wildman–Crippen LogP) is 3.38. The molecule has 1 heterocycles. The third kappa shape index (κ3) is 2.36. The van der Waals surface area contributed by atoms with Gasteiger partial charge in [-0.1, -0.05) is 31.2 Å². The number of aryl methyl sites for hydroxylation is 2. The maximum absolute atomic E-state index is 10.8. The van der Waals surface area contributed by atoms with Gasteiger partial charge in [0.2, 0.25) is 5.01 Å². The highest BCUT2D eigenvalue weighted by atomic mass is 32.1. The number of carbonyl (C=O) groups is 1. The zero-order valence-corrected chi connectivity index (χ0v) is 10.5. The number of nitrogens with zero attached hydrogens (tertiary/aromatic N) is 1. The number of hydrogen-bond donors (Lipinski definition) is 1. The summed E-state index contributed by atoms with van der Waals surface area (Å²) in [5, 5.41) is 9.05. The third-order valence-corrected chi connectivity index (χ3v) is 3.80. The van der Waals surface area contributed by atoms with Crippen LogP contribution in [0.1, 0.15) is 28.0 Å². The van der Waals surface area contributed by atoms with Crippen molar-refractivity contribution in [2.45, 2.75) is 20.3 Å². The number of hydrogen-bond acceptors (Lipinski definition) is 3. The minimum absolute atomic E-state index is 0.150. The average Bonchev–Trinajstić information content (AvgIpc) is 2.72. The van der Waals surface area contributed by atoms with Gasteiger partial charge in [-0.05, 0) is 24.5 Å². The molecule has 0 radical (unpaired) electrons. The molecule has 17 heavy (non-hydrogen) atoms. The molecule has 1 N–H and O–H groups in total. The second-order valence-corrected chi connectivity index (χ2v) is 4.79. The molecule has 0 atom stereocenters. The van der Waals surface area contributed by atoms with E-state index in [4.69, 9.17) is 5.11 Å². The fourth-order valence-electron chi connectivity index (χ4n) is 1.65. The predicted molar refractivity (Wildman–Crippen MR) is 68.6 cm³/mol. The Labute approximate surface area is 104 Å². The minimum Gasteiger partial charge on any atom is -0.476 e. The van der Waals surface area contributed by atoms with Crippen molar-refractivity contribution in [3.8, 4) is 10.4 Å². The Kier molecular flexibility index (Phi) is 3.24. The molecule has 88 valence electrons. The summed E-state index contributed by atoms with van der Waals surface area (Å²) in [6, 6.07) is 8.17. The van der Waals surface area contributed by atoms with Crippen LogP contribution in [0, 0.1) is 6.92 Å². The van der Waals surface area contributed by atoms with Gasteiger partial charge in [0.05, 0.1) is 10.6 Å².